The Balaban J connectivity index is 2.11. The lowest BCUT2D eigenvalue weighted by Gasteiger charge is -2.25. The van der Waals surface area contributed by atoms with E-state index in [1.807, 2.05) is 6.92 Å². The molecule has 2 aromatic rings. The highest BCUT2D eigenvalue weighted by Crippen LogP contribution is 2.37. The first-order valence-electron chi connectivity index (χ1n) is 9.18. The van der Waals surface area contributed by atoms with Gasteiger partial charge in [0.05, 0.1) is 19.2 Å². The monoisotopic (exact) mass is 359 g/mol. The van der Waals surface area contributed by atoms with Crippen LogP contribution >= 0.6 is 0 Å². The molecule has 1 aromatic carbocycles. The molecule has 1 aliphatic rings. The second-order valence-electron chi connectivity index (χ2n) is 6.79. The summed E-state index contributed by atoms with van der Waals surface area (Å²) < 4.78 is 11.0. The van der Waals surface area contributed by atoms with E-state index in [0.717, 1.165) is 30.7 Å². The van der Waals surface area contributed by atoms with Gasteiger partial charge < -0.3 is 19.6 Å². The summed E-state index contributed by atoms with van der Waals surface area (Å²) >= 11 is 0. The van der Waals surface area contributed by atoms with E-state index in [1.54, 1.807) is 12.1 Å². The minimum atomic E-state index is -1.14. The number of carbonyl (C=O) groups is 1. The van der Waals surface area contributed by atoms with Gasteiger partial charge >= 0.3 is 5.97 Å². The van der Waals surface area contributed by atoms with Crippen molar-refractivity contribution < 1.29 is 19.4 Å². The smallest absolute Gasteiger partial charge is 0.341 e. The molecule has 0 bridgehead atoms. The maximum Gasteiger partial charge on any atom is 0.341 e. The van der Waals surface area contributed by atoms with E-state index in [9.17, 15) is 14.7 Å². The Morgan fingerprint density at radius 1 is 1.31 bits per heavy atom. The number of fused-ring (bicyclic) bond motifs is 1. The van der Waals surface area contributed by atoms with Crippen LogP contribution < -0.4 is 15.0 Å². The van der Waals surface area contributed by atoms with Gasteiger partial charge in [-0.05, 0) is 31.2 Å². The minimum Gasteiger partial charge on any atom is -0.496 e. The Hall–Kier alpha value is -2.50. The van der Waals surface area contributed by atoms with Gasteiger partial charge in [0.2, 0.25) is 5.56 Å². The first-order chi connectivity index (χ1) is 12.5. The van der Waals surface area contributed by atoms with Gasteiger partial charge in [0.15, 0.2) is 0 Å². The van der Waals surface area contributed by atoms with Gasteiger partial charge in [0.1, 0.15) is 17.1 Å². The highest BCUT2D eigenvalue weighted by atomic mass is 16.5. The van der Waals surface area contributed by atoms with Crippen LogP contribution in [0.15, 0.2) is 16.9 Å². The first kappa shape index (κ1) is 18.3. The highest BCUT2D eigenvalue weighted by Gasteiger charge is 2.23. The number of nitrogens with one attached hydrogen (secondary N) is 1. The number of rotatable bonds is 8. The minimum absolute atomic E-state index is 0.0381. The van der Waals surface area contributed by atoms with Crippen LogP contribution in [0, 0.1) is 5.92 Å². The number of aryl methyl sites for hydroxylation is 1. The molecule has 6 nitrogen and oxygen atoms in total. The molecule has 1 fully saturated rings. The van der Waals surface area contributed by atoms with Gasteiger partial charge in [0.25, 0.3) is 0 Å². The van der Waals surface area contributed by atoms with Crippen LogP contribution in [0.2, 0.25) is 0 Å². The molecular weight excluding hydrogens is 334 g/mol. The number of aromatic carboxylic acids is 1. The molecule has 26 heavy (non-hydrogen) atoms. The van der Waals surface area contributed by atoms with E-state index in [0.29, 0.717) is 17.7 Å². The van der Waals surface area contributed by atoms with Crippen LogP contribution in [-0.4, -0.2) is 29.8 Å². The lowest BCUT2D eigenvalue weighted by molar-refractivity contribution is 0.0695. The fraction of sp³-hybridized carbons (Fsp3) is 0.500. The van der Waals surface area contributed by atoms with Crippen molar-refractivity contribution >= 4 is 16.9 Å². The fourth-order valence-electron chi connectivity index (χ4n) is 3.67. The zero-order valence-corrected chi connectivity index (χ0v) is 15.3. The third-order valence-electron chi connectivity index (χ3n) is 5.15. The van der Waals surface area contributed by atoms with Gasteiger partial charge in [-0.2, -0.15) is 0 Å². The number of H-pyrrole nitrogens is 1. The second-order valence-corrected chi connectivity index (χ2v) is 6.79. The van der Waals surface area contributed by atoms with Crippen molar-refractivity contribution in [2.75, 3.05) is 13.7 Å². The van der Waals surface area contributed by atoms with Crippen LogP contribution in [0.3, 0.4) is 0 Å². The van der Waals surface area contributed by atoms with Gasteiger partial charge in [0, 0.05) is 17.5 Å². The number of carboxylic acids is 1. The van der Waals surface area contributed by atoms with Crippen molar-refractivity contribution in [3.05, 3.63) is 33.6 Å². The Bertz CT molecular complexity index is 867. The molecule has 0 amide bonds. The Morgan fingerprint density at radius 3 is 2.65 bits per heavy atom. The molecule has 0 spiro atoms. The van der Waals surface area contributed by atoms with Crippen LogP contribution in [-0.2, 0) is 6.42 Å². The van der Waals surface area contributed by atoms with Gasteiger partial charge in [-0.1, -0.05) is 25.7 Å². The number of hydrogen-bond acceptors (Lipinski definition) is 4. The Labute approximate surface area is 152 Å². The normalized spacial score (nSPS) is 14.2. The summed E-state index contributed by atoms with van der Waals surface area (Å²) in [6.45, 7) is 2.30. The maximum atomic E-state index is 12.2. The SMILES string of the molecule is CCOc1cc(OC)c(C(=O)O)c2[nH]c(=O)cc(CCCC3CCC3)c12. The molecule has 140 valence electrons. The topological polar surface area (TPSA) is 88.6 Å². The van der Waals surface area contributed by atoms with E-state index >= 15 is 0 Å². The maximum absolute atomic E-state index is 12.2. The molecule has 2 N–H and O–H groups in total. The average Bonchev–Trinajstić information content (AvgIpc) is 2.55. The van der Waals surface area contributed by atoms with Crippen molar-refractivity contribution in [2.24, 2.45) is 5.92 Å². The summed E-state index contributed by atoms with van der Waals surface area (Å²) in [5.74, 6) is 0.372. The molecular formula is C20H25NO5. The zero-order valence-electron chi connectivity index (χ0n) is 15.3. The Kier molecular flexibility index (Phi) is 5.49. The zero-order chi connectivity index (χ0) is 18.7. The van der Waals surface area contributed by atoms with E-state index < -0.39 is 5.97 Å². The summed E-state index contributed by atoms with van der Waals surface area (Å²) in [6, 6.07) is 3.16. The summed E-state index contributed by atoms with van der Waals surface area (Å²) in [5, 5.41) is 10.3. The molecule has 6 heteroatoms. The molecule has 0 unspecified atom stereocenters. The number of hydrogen-bond donors (Lipinski definition) is 2. The summed E-state index contributed by atoms with van der Waals surface area (Å²) in [5.41, 5.74) is 0.751. The molecule has 0 aliphatic heterocycles. The predicted molar refractivity (Wildman–Crippen MR) is 99.5 cm³/mol. The molecule has 0 saturated heterocycles. The van der Waals surface area contributed by atoms with Crippen molar-refractivity contribution in [1.29, 1.82) is 0 Å². The molecule has 3 rings (SSSR count). The van der Waals surface area contributed by atoms with Crippen LogP contribution in [0.4, 0.5) is 0 Å². The van der Waals surface area contributed by atoms with Crippen molar-refractivity contribution in [3.63, 3.8) is 0 Å². The standard InChI is InChI=1S/C20H25NO5/c1-3-26-15-11-14(25-2)18(20(23)24)19-17(15)13(10-16(22)21-19)9-5-8-12-6-4-7-12/h10-12H,3-9H2,1-2H3,(H,21,22)(H,23,24). The molecule has 0 radical (unpaired) electrons. The third-order valence-corrected chi connectivity index (χ3v) is 5.15. The van der Waals surface area contributed by atoms with Crippen molar-refractivity contribution in [1.82, 2.24) is 4.98 Å². The average molecular weight is 359 g/mol. The van der Waals surface area contributed by atoms with Gasteiger partial charge in [-0.25, -0.2) is 4.79 Å². The van der Waals surface area contributed by atoms with Crippen LogP contribution in [0.5, 0.6) is 11.5 Å². The lowest BCUT2D eigenvalue weighted by Crippen LogP contribution is -2.14. The van der Waals surface area contributed by atoms with Crippen LogP contribution in [0.1, 0.15) is 54.9 Å². The number of methoxy groups -OCH3 is 1. The molecule has 0 atom stereocenters. The summed E-state index contributed by atoms with van der Waals surface area (Å²) in [6.07, 6.45) is 6.74. The summed E-state index contributed by atoms with van der Waals surface area (Å²) in [7, 11) is 1.41. The quantitative estimate of drug-likeness (QED) is 0.749. The van der Waals surface area contributed by atoms with Crippen molar-refractivity contribution in [2.45, 2.75) is 45.4 Å². The third kappa shape index (κ3) is 3.54. The van der Waals surface area contributed by atoms with E-state index in [2.05, 4.69) is 4.98 Å². The number of carboxylic acid groups (broad SMARTS) is 1. The molecule has 1 heterocycles. The van der Waals surface area contributed by atoms with Crippen molar-refractivity contribution in [3.8, 4) is 11.5 Å². The van der Waals surface area contributed by atoms with E-state index in [4.69, 9.17) is 9.47 Å². The highest BCUT2D eigenvalue weighted by molar-refractivity contribution is 6.07. The largest absolute Gasteiger partial charge is 0.496 e. The van der Waals surface area contributed by atoms with Gasteiger partial charge in [-0.3, -0.25) is 4.79 Å². The second kappa shape index (κ2) is 7.81. The molecule has 1 saturated carbocycles. The molecule has 1 aromatic heterocycles. The number of aromatic nitrogens is 1. The summed E-state index contributed by atoms with van der Waals surface area (Å²) in [4.78, 5) is 26.7. The predicted octanol–water partition coefficient (Wildman–Crippen LogP) is 3.76. The molecule has 1 aliphatic carbocycles. The van der Waals surface area contributed by atoms with Crippen LogP contribution in [0.25, 0.3) is 10.9 Å². The number of aromatic amines is 1. The first-order valence-corrected chi connectivity index (χ1v) is 9.18. The number of pyridine rings is 1. The Morgan fingerprint density at radius 2 is 2.08 bits per heavy atom. The number of ether oxygens (including phenoxy) is 2. The fourth-order valence-corrected chi connectivity index (χ4v) is 3.67. The van der Waals surface area contributed by atoms with Gasteiger partial charge in [-0.15, -0.1) is 0 Å². The van der Waals surface area contributed by atoms with E-state index in [-0.39, 0.29) is 22.4 Å². The van der Waals surface area contributed by atoms with E-state index in [1.165, 1.54) is 26.4 Å². The number of benzene rings is 1. The lowest BCUT2D eigenvalue weighted by atomic mass is 9.81.